The summed E-state index contributed by atoms with van der Waals surface area (Å²) in [5.74, 6) is 0. The summed E-state index contributed by atoms with van der Waals surface area (Å²) >= 11 is 0. The minimum atomic E-state index is -0.773. The molecule has 1 rings (SSSR count). The summed E-state index contributed by atoms with van der Waals surface area (Å²) < 4.78 is 5.01. The van der Waals surface area contributed by atoms with Crippen molar-refractivity contribution in [3.63, 3.8) is 0 Å². The van der Waals surface area contributed by atoms with E-state index in [2.05, 4.69) is 0 Å². The van der Waals surface area contributed by atoms with Gasteiger partial charge in [-0.05, 0) is 6.92 Å². The highest BCUT2D eigenvalue weighted by Gasteiger charge is 2.48. The van der Waals surface area contributed by atoms with Crippen molar-refractivity contribution in [2.75, 3.05) is 19.8 Å². The van der Waals surface area contributed by atoms with Gasteiger partial charge in [0.15, 0.2) is 0 Å². The van der Waals surface area contributed by atoms with Crippen molar-refractivity contribution in [1.82, 2.24) is 0 Å². The van der Waals surface area contributed by atoms with Crippen LogP contribution in [0.2, 0.25) is 0 Å². The van der Waals surface area contributed by atoms with Crippen LogP contribution in [0.1, 0.15) is 13.8 Å². The lowest BCUT2D eigenvalue weighted by atomic mass is 9.73. The summed E-state index contributed by atoms with van der Waals surface area (Å²) in [6, 6.07) is 0. The Morgan fingerprint density at radius 1 is 1.70 bits per heavy atom. The van der Waals surface area contributed by atoms with Gasteiger partial charge in [-0.1, -0.05) is 6.92 Å². The van der Waals surface area contributed by atoms with Crippen molar-refractivity contribution in [2.24, 2.45) is 11.1 Å². The summed E-state index contributed by atoms with van der Waals surface area (Å²) in [5.41, 5.74) is 4.50. The maximum absolute atomic E-state index is 9.70. The molecule has 1 unspecified atom stereocenters. The lowest BCUT2D eigenvalue weighted by Crippen LogP contribution is -2.59. The van der Waals surface area contributed by atoms with E-state index in [1.165, 1.54) is 0 Å². The molecule has 1 saturated heterocycles. The third-order valence-electron chi connectivity index (χ3n) is 2.54. The second kappa shape index (κ2) is 2.19. The normalized spacial score (nSPS) is 28.8. The summed E-state index contributed by atoms with van der Waals surface area (Å²) in [6.07, 6.45) is 0. The average Bonchev–Trinajstić information content (AvgIpc) is 1.82. The Morgan fingerprint density at radius 3 is 2.30 bits per heavy atom. The highest BCUT2D eigenvalue weighted by Crippen LogP contribution is 2.37. The largest absolute Gasteiger partial charge is 0.388 e. The first-order chi connectivity index (χ1) is 4.52. The molecule has 0 radical (unpaired) electrons. The fraction of sp³-hybridized carbons (Fsp3) is 1.00. The van der Waals surface area contributed by atoms with Crippen molar-refractivity contribution < 1.29 is 9.84 Å². The molecule has 0 aliphatic carbocycles. The molecule has 1 fully saturated rings. The van der Waals surface area contributed by atoms with Crippen LogP contribution in [-0.4, -0.2) is 30.5 Å². The molecule has 3 nitrogen and oxygen atoms in total. The van der Waals surface area contributed by atoms with Crippen molar-refractivity contribution in [3.05, 3.63) is 0 Å². The number of nitrogens with two attached hydrogens (primary N) is 1. The number of ether oxygens (including phenoxy) is 1. The molecule has 0 bridgehead atoms. The summed E-state index contributed by atoms with van der Waals surface area (Å²) in [5, 5.41) is 9.70. The molecule has 0 spiro atoms. The van der Waals surface area contributed by atoms with E-state index < -0.39 is 5.60 Å². The third-order valence-corrected chi connectivity index (χ3v) is 2.54. The predicted octanol–water partition coefficient (Wildman–Crippen LogP) is -0.267. The molecule has 1 aliphatic rings. The van der Waals surface area contributed by atoms with Crippen LogP contribution in [-0.2, 0) is 4.74 Å². The van der Waals surface area contributed by atoms with Gasteiger partial charge in [-0.25, -0.2) is 0 Å². The maximum atomic E-state index is 9.70. The van der Waals surface area contributed by atoms with E-state index in [0.717, 1.165) is 0 Å². The van der Waals surface area contributed by atoms with Crippen molar-refractivity contribution in [1.29, 1.82) is 0 Å². The minimum Gasteiger partial charge on any atom is -0.388 e. The SMILES string of the molecule is CC(O)(CN)C1(C)COC1. The van der Waals surface area contributed by atoms with Gasteiger partial charge in [-0.3, -0.25) is 0 Å². The van der Waals surface area contributed by atoms with Gasteiger partial charge in [0.05, 0.1) is 18.8 Å². The molecule has 0 saturated carbocycles. The van der Waals surface area contributed by atoms with Crippen LogP contribution < -0.4 is 5.73 Å². The van der Waals surface area contributed by atoms with Crippen molar-refractivity contribution in [2.45, 2.75) is 19.4 Å². The number of hydrogen-bond donors (Lipinski definition) is 2. The Kier molecular flexibility index (Phi) is 1.75. The van der Waals surface area contributed by atoms with Gasteiger partial charge in [0.2, 0.25) is 0 Å². The van der Waals surface area contributed by atoms with Crippen LogP contribution >= 0.6 is 0 Å². The highest BCUT2D eigenvalue weighted by molar-refractivity contribution is 4.97. The van der Waals surface area contributed by atoms with E-state index in [1.54, 1.807) is 6.92 Å². The second-order valence-corrected chi connectivity index (χ2v) is 3.53. The molecule has 0 aromatic heterocycles. The zero-order chi connectivity index (χ0) is 7.83. The summed E-state index contributed by atoms with van der Waals surface area (Å²) in [6.45, 7) is 5.29. The van der Waals surface area contributed by atoms with Gasteiger partial charge < -0.3 is 15.6 Å². The minimum absolute atomic E-state index is 0.123. The fourth-order valence-electron chi connectivity index (χ4n) is 0.966. The molecule has 1 aliphatic heterocycles. The van der Waals surface area contributed by atoms with E-state index in [1.807, 2.05) is 6.92 Å². The molecular weight excluding hydrogens is 130 g/mol. The fourth-order valence-corrected chi connectivity index (χ4v) is 0.966. The molecule has 1 heterocycles. The Hall–Kier alpha value is -0.120. The van der Waals surface area contributed by atoms with E-state index in [-0.39, 0.29) is 5.41 Å². The van der Waals surface area contributed by atoms with Crippen LogP contribution in [0.25, 0.3) is 0 Å². The van der Waals surface area contributed by atoms with E-state index in [4.69, 9.17) is 10.5 Å². The van der Waals surface area contributed by atoms with Crippen LogP contribution in [0.5, 0.6) is 0 Å². The molecule has 0 aromatic rings. The molecule has 3 heteroatoms. The highest BCUT2D eigenvalue weighted by atomic mass is 16.5. The topological polar surface area (TPSA) is 55.5 Å². The third kappa shape index (κ3) is 0.944. The molecule has 0 amide bonds. The van der Waals surface area contributed by atoms with E-state index in [0.29, 0.717) is 19.8 Å². The monoisotopic (exact) mass is 145 g/mol. The van der Waals surface area contributed by atoms with Gasteiger partial charge in [-0.2, -0.15) is 0 Å². The predicted molar refractivity (Wildman–Crippen MR) is 38.6 cm³/mol. The number of rotatable bonds is 2. The first-order valence-corrected chi connectivity index (χ1v) is 3.52. The van der Waals surface area contributed by atoms with Crippen LogP contribution in [0.4, 0.5) is 0 Å². The van der Waals surface area contributed by atoms with Gasteiger partial charge in [0.25, 0.3) is 0 Å². The lowest BCUT2D eigenvalue weighted by Gasteiger charge is -2.48. The average molecular weight is 145 g/mol. The Morgan fingerprint density at radius 2 is 2.20 bits per heavy atom. The molecule has 60 valence electrons. The van der Waals surface area contributed by atoms with Crippen LogP contribution in [0.15, 0.2) is 0 Å². The van der Waals surface area contributed by atoms with Crippen LogP contribution in [0.3, 0.4) is 0 Å². The van der Waals surface area contributed by atoms with Gasteiger partial charge in [-0.15, -0.1) is 0 Å². The smallest absolute Gasteiger partial charge is 0.0838 e. The maximum Gasteiger partial charge on any atom is 0.0838 e. The van der Waals surface area contributed by atoms with Gasteiger partial charge in [0.1, 0.15) is 0 Å². The lowest BCUT2D eigenvalue weighted by molar-refractivity contribution is -0.200. The van der Waals surface area contributed by atoms with Crippen molar-refractivity contribution >= 4 is 0 Å². The second-order valence-electron chi connectivity index (χ2n) is 3.53. The standard InChI is InChI=1S/C7H15NO2/c1-6(4-10-5-6)7(2,9)3-8/h9H,3-5,8H2,1-2H3. The first-order valence-electron chi connectivity index (χ1n) is 3.52. The van der Waals surface area contributed by atoms with Crippen LogP contribution in [0, 0.1) is 5.41 Å². The zero-order valence-electron chi connectivity index (χ0n) is 6.55. The molecule has 10 heavy (non-hydrogen) atoms. The Labute approximate surface area is 61.2 Å². The van der Waals surface area contributed by atoms with E-state index >= 15 is 0 Å². The number of hydrogen-bond acceptors (Lipinski definition) is 3. The quantitative estimate of drug-likeness (QED) is 0.562. The Balaban J connectivity index is 2.61. The zero-order valence-corrected chi connectivity index (χ0v) is 6.55. The van der Waals surface area contributed by atoms with Gasteiger partial charge in [0, 0.05) is 12.0 Å². The number of aliphatic hydroxyl groups is 1. The summed E-state index contributed by atoms with van der Waals surface area (Å²) in [4.78, 5) is 0. The van der Waals surface area contributed by atoms with E-state index in [9.17, 15) is 5.11 Å². The summed E-state index contributed by atoms with van der Waals surface area (Å²) in [7, 11) is 0. The van der Waals surface area contributed by atoms with Gasteiger partial charge >= 0.3 is 0 Å². The molecule has 3 N–H and O–H groups in total. The Bertz CT molecular complexity index is 120. The molecular formula is C7H15NO2. The molecule has 0 aromatic carbocycles. The molecule has 1 atom stereocenters. The first kappa shape index (κ1) is 7.98. The van der Waals surface area contributed by atoms with Crippen molar-refractivity contribution in [3.8, 4) is 0 Å².